The topological polar surface area (TPSA) is 328 Å². The minimum absolute atomic E-state index is 0.0498. The lowest BCUT2D eigenvalue weighted by Gasteiger charge is -1.92. The molecule has 18 heteroatoms. The number of esters is 1. The van der Waals surface area contributed by atoms with Crippen molar-refractivity contribution in [2.45, 2.75) is 51.4 Å². The van der Waals surface area contributed by atoms with Crippen LogP contribution in [0.4, 0.5) is 0 Å². The Bertz CT molecular complexity index is 589. The standard InChI is InChI=1S/C5H8O4.3C4H6O4.C2H6O2/c1-9-5(8)3-2-4(6)7;3*5-3(6)1-2-4(7)8;3-1-2-4/h2-3H2,1H3,(H,6,7);3*1-2H2,(H,5,6)(H,7,8);3-4H,1-2H2. The number of hydrogen-bond donors (Lipinski definition) is 9. The fourth-order valence-electron chi connectivity index (χ4n) is 0.953. The van der Waals surface area contributed by atoms with Crippen molar-refractivity contribution in [1.82, 2.24) is 0 Å². The van der Waals surface area contributed by atoms with Gasteiger partial charge in [-0.3, -0.25) is 38.4 Å². The first-order valence-corrected chi connectivity index (χ1v) is 9.77. The summed E-state index contributed by atoms with van der Waals surface area (Å²) in [7, 11) is 1.23. The zero-order chi connectivity index (χ0) is 30.4. The Kier molecular flexibility index (Phi) is 36.7. The number of hydrogen-bond acceptors (Lipinski definition) is 11. The predicted octanol–water partition coefficient (Wildman–Crippen LogP) is -1.20. The predicted molar refractivity (Wildman–Crippen MR) is 117 cm³/mol. The van der Waals surface area contributed by atoms with Gasteiger partial charge in [0.2, 0.25) is 0 Å². The highest BCUT2D eigenvalue weighted by Gasteiger charge is 2.03. The molecule has 0 amide bonds. The van der Waals surface area contributed by atoms with Crippen LogP contribution in [0.1, 0.15) is 51.4 Å². The minimum atomic E-state index is -1.08. The van der Waals surface area contributed by atoms with Crippen molar-refractivity contribution in [3.05, 3.63) is 0 Å². The van der Waals surface area contributed by atoms with Crippen molar-refractivity contribution in [2.75, 3.05) is 20.3 Å². The van der Waals surface area contributed by atoms with Crippen LogP contribution in [0.15, 0.2) is 0 Å². The molecular formula is C19H32O18. The number of carbonyl (C=O) groups is 8. The molecule has 0 rings (SSSR count). The molecule has 0 bridgehead atoms. The third kappa shape index (κ3) is 80.0. The Morgan fingerprint density at radius 2 is 0.568 bits per heavy atom. The van der Waals surface area contributed by atoms with Gasteiger partial charge in [0.15, 0.2) is 0 Å². The summed E-state index contributed by atoms with van der Waals surface area (Å²) in [6, 6.07) is 0. The number of ether oxygens (including phenoxy) is 1. The van der Waals surface area contributed by atoms with E-state index in [2.05, 4.69) is 4.74 Å². The minimum Gasteiger partial charge on any atom is -0.481 e. The second kappa shape index (κ2) is 31.7. The van der Waals surface area contributed by atoms with Crippen molar-refractivity contribution in [2.24, 2.45) is 0 Å². The molecule has 18 nitrogen and oxygen atoms in total. The van der Waals surface area contributed by atoms with Gasteiger partial charge in [0.25, 0.3) is 0 Å². The van der Waals surface area contributed by atoms with Crippen molar-refractivity contribution in [3.8, 4) is 0 Å². The third-order valence-corrected chi connectivity index (χ3v) is 2.53. The first-order valence-electron chi connectivity index (χ1n) is 9.77. The van der Waals surface area contributed by atoms with Crippen LogP contribution in [-0.2, 0) is 43.1 Å². The van der Waals surface area contributed by atoms with E-state index < -0.39 is 47.8 Å². The number of methoxy groups -OCH3 is 1. The van der Waals surface area contributed by atoms with E-state index >= 15 is 0 Å². The molecular weight excluding hydrogens is 516 g/mol. The van der Waals surface area contributed by atoms with Crippen LogP contribution in [0.25, 0.3) is 0 Å². The Hall–Kier alpha value is -4.32. The molecule has 0 unspecified atom stereocenters. The van der Waals surface area contributed by atoms with Crippen LogP contribution in [0, 0.1) is 0 Å². The van der Waals surface area contributed by atoms with Crippen LogP contribution in [0.2, 0.25) is 0 Å². The molecule has 0 aromatic rings. The molecule has 0 aliphatic carbocycles. The third-order valence-electron chi connectivity index (χ3n) is 2.53. The molecule has 0 aromatic heterocycles. The number of aliphatic hydroxyl groups is 2. The molecule has 0 aromatic carbocycles. The van der Waals surface area contributed by atoms with Gasteiger partial charge >= 0.3 is 47.8 Å². The lowest BCUT2D eigenvalue weighted by atomic mass is 10.3. The fraction of sp³-hybridized carbons (Fsp3) is 0.579. The fourth-order valence-corrected chi connectivity index (χ4v) is 0.953. The number of aliphatic carboxylic acids is 7. The van der Waals surface area contributed by atoms with Crippen LogP contribution in [0.5, 0.6) is 0 Å². The number of carbonyl (C=O) groups excluding carboxylic acids is 1. The molecule has 0 aliphatic heterocycles. The molecule has 0 saturated carbocycles. The Morgan fingerprint density at radius 3 is 0.676 bits per heavy atom. The number of rotatable bonds is 13. The number of carboxylic acid groups (broad SMARTS) is 7. The zero-order valence-electron chi connectivity index (χ0n) is 19.8. The highest BCUT2D eigenvalue weighted by molar-refractivity contribution is 5.77. The summed E-state index contributed by atoms with van der Waals surface area (Å²) in [5.74, 6) is -7.93. The summed E-state index contributed by atoms with van der Waals surface area (Å²) < 4.78 is 4.20. The van der Waals surface area contributed by atoms with Crippen LogP contribution in [-0.4, -0.2) is 114 Å². The molecule has 0 spiro atoms. The van der Waals surface area contributed by atoms with E-state index in [9.17, 15) is 38.4 Å². The highest BCUT2D eigenvalue weighted by atomic mass is 16.5. The summed E-state index contributed by atoms with van der Waals surface area (Å²) in [4.78, 5) is 77.9. The van der Waals surface area contributed by atoms with Gasteiger partial charge in [0.05, 0.1) is 71.7 Å². The van der Waals surface area contributed by atoms with Crippen LogP contribution < -0.4 is 0 Å². The van der Waals surface area contributed by atoms with Gasteiger partial charge in [0, 0.05) is 0 Å². The van der Waals surface area contributed by atoms with E-state index in [1.165, 1.54) is 7.11 Å². The monoisotopic (exact) mass is 548 g/mol. The van der Waals surface area contributed by atoms with Crippen LogP contribution in [0.3, 0.4) is 0 Å². The van der Waals surface area contributed by atoms with E-state index in [1.54, 1.807) is 0 Å². The maximum absolute atomic E-state index is 10.2. The zero-order valence-corrected chi connectivity index (χ0v) is 19.8. The van der Waals surface area contributed by atoms with Gasteiger partial charge in [-0.1, -0.05) is 0 Å². The van der Waals surface area contributed by atoms with Crippen molar-refractivity contribution >= 4 is 47.8 Å². The lowest BCUT2D eigenvalue weighted by Crippen LogP contribution is -2.04. The Balaban J connectivity index is -0.000000117. The molecule has 9 N–H and O–H groups in total. The van der Waals surface area contributed by atoms with Crippen molar-refractivity contribution < 1.29 is 89.1 Å². The average molecular weight is 548 g/mol. The van der Waals surface area contributed by atoms with E-state index in [-0.39, 0.29) is 64.6 Å². The molecule has 0 heterocycles. The van der Waals surface area contributed by atoms with Crippen molar-refractivity contribution in [1.29, 1.82) is 0 Å². The maximum atomic E-state index is 10.2. The van der Waals surface area contributed by atoms with Crippen molar-refractivity contribution in [3.63, 3.8) is 0 Å². The smallest absolute Gasteiger partial charge is 0.306 e. The SMILES string of the molecule is COC(=O)CCC(=O)O.O=C(O)CCC(=O)O.O=C(O)CCC(=O)O.O=C(O)CCC(=O)O.OCCO. The van der Waals surface area contributed by atoms with E-state index in [4.69, 9.17) is 46.0 Å². The molecule has 0 aliphatic rings. The second-order valence-corrected chi connectivity index (χ2v) is 5.78. The molecule has 0 saturated heterocycles. The summed E-state index contributed by atoms with van der Waals surface area (Å²) in [5, 5.41) is 70.7. The van der Waals surface area contributed by atoms with Gasteiger partial charge in [-0.25, -0.2) is 0 Å². The summed E-state index contributed by atoms with van der Waals surface area (Å²) in [6.07, 6.45) is -1.99. The number of carboxylic acids is 7. The highest BCUT2D eigenvalue weighted by Crippen LogP contribution is 1.90. The molecule has 0 atom stereocenters. The largest absolute Gasteiger partial charge is 0.481 e. The molecule has 37 heavy (non-hydrogen) atoms. The second-order valence-electron chi connectivity index (χ2n) is 5.78. The maximum Gasteiger partial charge on any atom is 0.306 e. The van der Waals surface area contributed by atoms with Gasteiger partial charge in [-0.05, 0) is 0 Å². The molecule has 216 valence electrons. The quantitative estimate of drug-likeness (QED) is 0.122. The first-order chi connectivity index (χ1) is 17.0. The van der Waals surface area contributed by atoms with Gasteiger partial charge in [-0.2, -0.15) is 0 Å². The number of aliphatic hydroxyl groups excluding tert-OH is 2. The summed E-state index contributed by atoms with van der Waals surface area (Å²) in [5.41, 5.74) is 0. The van der Waals surface area contributed by atoms with E-state index in [0.717, 1.165) is 0 Å². The molecule has 0 fully saturated rings. The van der Waals surface area contributed by atoms with Crippen LogP contribution >= 0.6 is 0 Å². The van der Waals surface area contributed by atoms with Gasteiger partial charge in [-0.15, -0.1) is 0 Å². The lowest BCUT2D eigenvalue weighted by molar-refractivity contribution is -0.145. The van der Waals surface area contributed by atoms with E-state index in [1.807, 2.05) is 0 Å². The van der Waals surface area contributed by atoms with E-state index in [0.29, 0.717) is 0 Å². The summed E-state index contributed by atoms with van der Waals surface area (Å²) in [6.45, 7) is -0.250. The van der Waals surface area contributed by atoms with Gasteiger partial charge in [0.1, 0.15) is 0 Å². The summed E-state index contributed by atoms with van der Waals surface area (Å²) >= 11 is 0. The Labute approximate surface area is 209 Å². The normalized spacial score (nSPS) is 8.41. The molecule has 0 radical (unpaired) electrons. The Morgan fingerprint density at radius 1 is 0.405 bits per heavy atom. The van der Waals surface area contributed by atoms with Gasteiger partial charge < -0.3 is 50.7 Å². The first kappa shape index (κ1) is 42.8. The average Bonchev–Trinajstić information content (AvgIpc) is 2.79.